The molecule has 5 heteroatoms. The molecule has 112 valence electrons. The number of aromatic nitrogens is 1. The molecule has 0 spiro atoms. The zero-order valence-corrected chi connectivity index (χ0v) is 14.5. The smallest absolute Gasteiger partial charge is 0.187 e. The molecule has 0 unspecified atom stereocenters. The van der Waals surface area contributed by atoms with Gasteiger partial charge in [0.1, 0.15) is 0 Å². The lowest BCUT2D eigenvalue weighted by molar-refractivity contribution is 1.32. The van der Waals surface area contributed by atoms with Crippen LogP contribution in [0.2, 0.25) is 10.0 Å². The molecular formula is C17H14Cl2N2S. The number of nitrogens with zero attached hydrogens (tertiary/aromatic N) is 1. The van der Waals surface area contributed by atoms with Crippen LogP contribution >= 0.6 is 34.5 Å². The predicted octanol–water partition coefficient (Wildman–Crippen LogP) is 6.48. The summed E-state index contributed by atoms with van der Waals surface area (Å²) in [5.41, 5.74) is 5.52. The van der Waals surface area contributed by atoms with Gasteiger partial charge in [0.15, 0.2) is 5.13 Å². The number of hydrogen-bond acceptors (Lipinski definition) is 3. The second-order valence-electron chi connectivity index (χ2n) is 5.09. The average molecular weight is 349 g/mol. The number of rotatable bonds is 3. The maximum atomic E-state index is 6.02. The highest BCUT2D eigenvalue weighted by atomic mass is 35.5. The van der Waals surface area contributed by atoms with Gasteiger partial charge in [-0.05, 0) is 49.2 Å². The highest BCUT2D eigenvalue weighted by Crippen LogP contribution is 2.30. The van der Waals surface area contributed by atoms with Gasteiger partial charge in [-0.15, -0.1) is 11.3 Å². The van der Waals surface area contributed by atoms with Crippen molar-refractivity contribution in [2.45, 2.75) is 13.8 Å². The number of anilines is 2. The number of hydrogen-bond donors (Lipinski definition) is 1. The van der Waals surface area contributed by atoms with Crippen molar-refractivity contribution in [1.82, 2.24) is 4.98 Å². The summed E-state index contributed by atoms with van der Waals surface area (Å²) in [7, 11) is 0. The van der Waals surface area contributed by atoms with Gasteiger partial charge in [-0.25, -0.2) is 4.98 Å². The van der Waals surface area contributed by atoms with Crippen molar-refractivity contribution in [3.8, 4) is 11.3 Å². The van der Waals surface area contributed by atoms with Crippen LogP contribution in [0, 0.1) is 13.8 Å². The lowest BCUT2D eigenvalue weighted by Gasteiger charge is -2.04. The van der Waals surface area contributed by atoms with Crippen LogP contribution in [-0.2, 0) is 0 Å². The van der Waals surface area contributed by atoms with E-state index < -0.39 is 0 Å². The van der Waals surface area contributed by atoms with Crippen molar-refractivity contribution in [2.24, 2.45) is 0 Å². The second kappa shape index (κ2) is 6.29. The van der Waals surface area contributed by atoms with Crippen LogP contribution in [-0.4, -0.2) is 4.98 Å². The molecule has 1 N–H and O–H groups in total. The van der Waals surface area contributed by atoms with Crippen molar-refractivity contribution in [3.05, 3.63) is 63.0 Å². The van der Waals surface area contributed by atoms with E-state index in [1.807, 2.05) is 11.4 Å². The van der Waals surface area contributed by atoms with E-state index in [4.69, 9.17) is 23.2 Å². The fraction of sp³-hybridized carbons (Fsp3) is 0.118. The topological polar surface area (TPSA) is 24.9 Å². The van der Waals surface area contributed by atoms with Crippen LogP contribution in [0.15, 0.2) is 41.8 Å². The van der Waals surface area contributed by atoms with E-state index >= 15 is 0 Å². The van der Waals surface area contributed by atoms with Crippen LogP contribution in [0.3, 0.4) is 0 Å². The molecule has 0 radical (unpaired) electrons. The Kier molecular flexibility index (Phi) is 4.39. The first-order chi connectivity index (χ1) is 10.5. The number of benzene rings is 2. The minimum Gasteiger partial charge on any atom is -0.331 e. The second-order valence-corrected chi connectivity index (χ2v) is 6.76. The quantitative estimate of drug-likeness (QED) is 0.585. The minimum absolute atomic E-state index is 0.526. The predicted molar refractivity (Wildman–Crippen MR) is 96.8 cm³/mol. The first-order valence-corrected chi connectivity index (χ1v) is 8.42. The summed E-state index contributed by atoms with van der Waals surface area (Å²) in [6.07, 6.45) is 0. The van der Waals surface area contributed by atoms with Crippen molar-refractivity contribution in [2.75, 3.05) is 5.32 Å². The lowest BCUT2D eigenvalue weighted by Crippen LogP contribution is -1.90. The Labute approximate surface area is 143 Å². The molecule has 2 nitrogen and oxygen atoms in total. The molecule has 0 aliphatic carbocycles. The Morgan fingerprint density at radius 1 is 0.955 bits per heavy atom. The van der Waals surface area contributed by atoms with Gasteiger partial charge in [-0.3, -0.25) is 0 Å². The standard InChI is InChI=1S/C17H14Cl2N2S/c1-10-3-4-12(7-11(10)2)16-9-22-17(21-16)20-13-5-6-14(18)15(19)8-13/h3-9H,1-2H3,(H,20,21). The third-order valence-electron chi connectivity index (χ3n) is 3.48. The Hall–Kier alpha value is -1.55. The van der Waals surface area contributed by atoms with E-state index in [9.17, 15) is 0 Å². The molecule has 22 heavy (non-hydrogen) atoms. The van der Waals surface area contributed by atoms with Gasteiger partial charge >= 0.3 is 0 Å². The molecule has 0 atom stereocenters. The molecule has 0 saturated heterocycles. The van der Waals surface area contributed by atoms with E-state index in [2.05, 4.69) is 42.3 Å². The molecule has 0 aliphatic rings. The van der Waals surface area contributed by atoms with E-state index in [1.165, 1.54) is 11.1 Å². The molecule has 0 amide bonds. The number of thiazole rings is 1. The fourth-order valence-electron chi connectivity index (χ4n) is 2.06. The first-order valence-electron chi connectivity index (χ1n) is 6.78. The summed E-state index contributed by atoms with van der Waals surface area (Å²) in [5.74, 6) is 0. The SMILES string of the molecule is Cc1ccc(-c2csc(Nc3ccc(Cl)c(Cl)c3)n2)cc1C. The first kappa shape index (κ1) is 15.3. The average Bonchev–Trinajstić information content (AvgIpc) is 2.94. The molecular weight excluding hydrogens is 335 g/mol. The normalized spacial score (nSPS) is 10.7. The van der Waals surface area contributed by atoms with Crippen molar-refractivity contribution in [3.63, 3.8) is 0 Å². The summed E-state index contributed by atoms with van der Waals surface area (Å²) >= 11 is 13.5. The van der Waals surface area contributed by atoms with Crippen LogP contribution in [0.5, 0.6) is 0 Å². The maximum absolute atomic E-state index is 6.02. The summed E-state index contributed by atoms with van der Waals surface area (Å²) < 4.78 is 0. The third kappa shape index (κ3) is 3.27. The summed E-state index contributed by atoms with van der Waals surface area (Å²) in [5, 5.41) is 7.19. The maximum Gasteiger partial charge on any atom is 0.187 e. The minimum atomic E-state index is 0.526. The lowest BCUT2D eigenvalue weighted by atomic mass is 10.1. The van der Waals surface area contributed by atoms with E-state index in [0.29, 0.717) is 10.0 Å². The van der Waals surface area contributed by atoms with Crippen LogP contribution < -0.4 is 5.32 Å². The van der Waals surface area contributed by atoms with Gasteiger partial charge in [-0.2, -0.15) is 0 Å². The molecule has 1 heterocycles. The third-order valence-corrected chi connectivity index (χ3v) is 4.97. The van der Waals surface area contributed by atoms with Crippen LogP contribution in [0.1, 0.15) is 11.1 Å². The van der Waals surface area contributed by atoms with Gasteiger partial charge in [0.05, 0.1) is 15.7 Å². The van der Waals surface area contributed by atoms with Crippen LogP contribution in [0.4, 0.5) is 10.8 Å². The molecule has 3 rings (SSSR count). The van der Waals surface area contributed by atoms with Gasteiger partial charge < -0.3 is 5.32 Å². The van der Waals surface area contributed by atoms with E-state index in [-0.39, 0.29) is 0 Å². The zero-order valence-electron chi connectivity index (χ0n) is 12.2. The molecule has 3 aromatic rings. The van der Waals surface area contributed by atoms with Crippen molar-refractivity contribution >= 4 is 45.4 Å². The van der Waals surface area contributed by atoms with Gasteiger partial charge in [0.25, 0.3) is 0 Å². The molecule has 0 fully saturated rings. The Bertz CT molecular complexity index is 827. The fourth-order valence-corrected chi connectivity index (χ4v) is 3.10. The van der Waals surface area contributed by atoms with Gasteiger partial charge in [-0.1, -0.05) is 35.3 Å². The number of halogens is 2. The summed E-state index contributed by atoms with van der Waals surface area (Å²) in [6, 6.07) is 11.8. The largest absolute Gasteiger partial charge is 0.331 e. The Balaban J connectivity index is 1.84. The molecule has 0 bridgehead atoms. The van der Waals surface area contributed by atoms with Gasteiger partial charge in [0, 0.05) is 16.6 Å². The van der Waals surface area contributed by atoms with Crippen molar-refractivity contribution < 1.29 is 0 Å². The summed E-state index contributed by atoms with van der Waals surface area (Å²) in [6.45, 7) is 4.22. The Morgan fingerprint density at radius 3 is 2.50 bits per heavy atom. The summed E-state index contributed by atoms with van der Waals surface area (Å²) in [4.78, 5) is 4.63. The number of nitrogens with one attached hydrogen (secondary N) is 1. The molecule has 0 saturated carbocycles. The zero-order chi connectivity index (χ0) is 15.7. The van der Waals surface area contributed by atoms with Crippen LogP contribution in [0.25, 0.3) is 11.3 Å². The molecule has 2 aromatic carbocycles. The molecule has 1 aromatic heterocycles. The monoisotopic (exact) mass is 348 g/mol. The van der Waals surface area contributed by atoms with E-state index in [0.717, 1.165) is 22.1 Å². The highest BCUT2D eigenvalue weighted by Gasteiger charge is 2.07. The highest BCUT2D eigenvalue weighted by molar-refractivity contribution is 7.14. The molecule has 0 aliphatic heterocycles. The van der Waals surface area contributed by atoms with Gasteiger partial charge in [0.2, 0.25) is 0 Å². The van der Waals surface area contributed by atoms with Crippen molar-refractivity contribution in [1.29, 1.82) is 0 Å². The number of aryl methyl sites for hydroxylation is 2. The van der Waals surface area contributed by atoms with E-state index in [1.54, 1.807) is 23.5 Å². The Morgan fingerprint density at radius 2 is 1.77 bits per heavy atom.